The predicted octanol–water partition coefficient (Wildman–Crippen LogP) is 17.8. The lowest BCUT2D eigenvalue weighted by molar-refractivity contribution is 0.669. The van der Waals surface area contributed by atoms with Crippen LogP contribution in [0.2, 0.25) is 0 Å². The fourth-order valence-electron chi connectivity index (χ4n) is 10.1. The van der Waals surface area contributed by atoms with E-state index in [0.717, 1.165) is 50.0 Å². The average Bonchev–Trinajstić information content (AvgIpc) is 3.76. The van der Waals surface area contributed by atoms with E-state index >= 15 is 0 Å². The van der Waals surface area contributed by atoms with Gasteiger partial charge in [0.2, 0.25) is 0 Å². The molecule has 0 fully saturated rings. The Balaban J connectivity index is 0.954. The Morgan fingerprint density at radius 3 is 1.50 bits per heavy atom. The van der Waals surface area contributed by atoms with Gasteiger partial charge in [-0.05, 0) is 130 Å². The minimum absolute atomic E-state index is 0.859. The minimum Gasteiger partial charge on any atom is -0.454 e. The fourth-order valence-corrected chi connectivity index (χ4v) is 10.1. The molecule has 0 aliphatic heterocycles. The lowest BCUT2D eigenvalue weighted by atomic mass is 9.93. The lowest BCUT2D eigenvalue weighted by Gasteiger charge is -2.27. The molecule has 0 radical (unpaired) electrons. The zero-order valence-corrected chi connectivity index (χ0v) is 34.9. The molecular formula is C62H39NO. The van der Waals surface area contributed by atoms with E-state index in [9.17, 15) is 0 Å². The van der Waals surface area contributed by atoms with E-state index < -0.39 is 0 Å². The first-order valence-electron chi connectivity index (χ1n) is 22.0. The third-order valence-corrected chi connectivity index (χ3v) is 13.2. The summed E-state index contributed by atoms with van der Waals surface area (Å²) in [5.74, 6) is 0. The van der Waals surface area contributed by atoms with Gasteiger partial charge in [0.15, 0.2) is 5.58 Å². The standard InChI is InChI=1S/C62H39NO/c1-2-14-44-37-46(26-25-40(44)11-1)49-30-29-47-38-45(27-28-48(47)39-49)41-31-34-50(35-32-41)63(59-24-10-22-57-61-52-17-6-4-13-43(52)33-36-60(61)64-62(57)59)58-23-9-20-55-54(19-8-21-56(55)58)53-18-7-15-42-12-3-5-16-51(42)53/h1-39H. The Hall–Kier alpha value is -8.46. The van der Waals surface area contributed by atoms with Crippen molar-refractivity contribution in [1.82, 2.24) is 0 Å². The van der Waals surface area contributed by atoms with Crippen molar-refractivity contribution in [3.05, 3.63) is 237 Å². The van der Waals surface area contributed by atoms with Gasteiger partial charge in [-0.3, -0.25) is 0 Å². The van der Waals surface area contributed by atoms with Crippen LogP contribution < -0.4 is 4.90 Å². The Morgan fingerprint density at radius 1 is 0.281 bits per heavy atom. The van der Waals surface area contributed by atoms with Crippen LogP contribution in [0.1, 0.15) is 0 Å². The summed E-state index contributed by atoms with van der Waals surface area (Å²) in [6.07, 6.45) is 0. The maximum Gasteiger partial charge on any atom is 0.159 e. The molecule has 2 nitrogen and oxygen atoms in total. The van der Waals surface area contributed by atoms with Gasteiger partial charge in [0, 0.05) is 21.8 Å². The molecular weight excluding hydrogens is 775 g/mol. The summed E-state index contributed by atoms with van der Waals surface area (Å²) in [5, 5.41) is 14.4. The van der Waals surface area contributed by atoms with E-state index in [1.165, 1.54) is 76.3 Å². The Labute approximate surface area is 370 Å². The van der Waals surface area contributed by atoms with Crippen LogP contribution >= 0.6 is 0 Å². The second-order valence-corrected chi connectivity index (χ2v) is 16.8. The second-order valence-electron chi connectivity index (χ2n) is 16.8. The van der Waals surface area contributed by atoms with Gasteiger partial charge in [-0.2, -0.15) is 0 Å². The molecule has 0 N–H and O–H groups in total. The number of rotatable bonds is 6. The van der Waals surface area contributed by atoms with Crippen molar-refractivity contribution < 1.29 is 4.42 Å². The Morgan fingerprint density at radius 2 is 0.750 bits per heavy atom. The molecule has 0 amide bonds. The highest BCUT2D eigenvalue weighted by Gasteiger charge is 2.23. The van der Waals surface area contributed by atoms with Gasteiger partial charge in [0.05, 0.1) is 11.4 Å². The molecule has 0 spiro atoms. The molecule has 0 bridgehead atoms. The first-order valence-corrected chi connectivity index (χ1v) is 22.0. The zero-order chi connectivity index (χ0) is 42.1. The number of benzene rings is 12. The van der Waals surface area contributed by atoms with Crippen molar-refractivity contribution in [3.63, 3.8) is 0 Å². The summed E-state index contributed by atoms with van der Waals surface area (Å²) >= 11 is 0. The first kappa shape index (κ1) is 36.2. The van der Waals surface area contributed by atoms with Crippen LogP contribution in [0.5, 0.6) is 0 Å². The molecule has 13 rings (SSSR count). The molecule has 12 aromatic carbocycles. The van der Waals surface area contributed by atoms with Crippen LogP contribution in [0.15, 0.2) is 241 Å². The van der Waals surface area contributed by atoms with Crippen LogP contribution in [0.3, 0.4) is 0 Å². The summed E-state index contributed by atoms with van der Waals surface area (Å²) in [4.78, 5) is 2.39. The summed E-state index contributed by atoms with van der Waals surface area (Å²) < 4.78 is 6.92. The van der Waals surface area contributed by atoms with Gasteiger partial charge in [-0.25, -0.2) is 0 Å². The molecule has 298 valence electrons. The molecule has 0 unspecified atom stereocenters. The number of furan rings is 1. The van der Waals surface area contributed by atoms with Crippen molar-refractivity contribution in [1.29, 1.82) is 0 Å². The third-order valence-electron chi connectivity index (χ3n) is 13.2. The van der Waals surface area contributed by atoms with Crippen molar-refractivity contribution in [2.45, 2.75) is 0 Å². The highest BCUT2D eigenvalue weighted by molar-refractivity contribution is 6.21. The fraction of sp³-hybridized carbons (Fsp3) is 0. The molecule has 13 aromatic rings. The molecule has 2 heteroatoms. The molecule has 64 heavy (non-hydrogen) atoms. The highest BCUT2D eigenvalue weighted by atomic mass is 16.3. The van der Waals surface area contributed by atoms with Crippen molar-refractivity contribution in [2.75, 3.05) is 4.90 Å². The first-order chi connectivity index (χ1) is 31.7. The summed E-state index contributed by atoms with van der Waals surface area (Å²) in [6, 6.07) is 86.0. The maximum absolute atomic E-state index is 6.92. The molecule has 0 aliphatic rings. The number of para-hydroxylation sites is 1. The molecule has 1 aromatic heterocycles. The van der Waals surface area contributed by atoms with Crippen LogP contribution in [0.25, 0.3) is 109 Å². The second kappa shape index (κ2) is 14.6. The van der Waals surface area contributed by atoms with Crippen LogP contribution in [0.4, 0.5) is 17.1 Å². The maximum atomic E-state index is 6.92. The smallest absolute Gasteiger partial charge is 0.159 e. The monoisotopic (exact) mass is 813 g/mol. The Kier molecular flexibility index (Phi) is 8.25. The van der Waals surface area contributed by atoms with Crippen LogP contribution in [-0.2, 0) is 0 Å². The SMILES string of the molecule is c1ccc2cc(-c3ccc4cc(-c5ccc(N(c6cccc7c(-c8cccc9ccccc89)cccc67)c6cccc7c6oc6ccc8ccccc8c67)cc5)ccc4c3)ccc2c1. The summed E-state index contributed by atoms with van der Waals surface area (Å²) in [7, 11) is 0. The van der Waals surface area contributed by atoms with Gasteiger partial charge in [0.25, 0.3) is 0 Å². The molecule has 0 saturated heterocycles. The number of nitrogens with zero attached hydrogens (tertiary/aromatic N) is 1. The van der Waals surface area contributed by atoms with Gasteiger partial charge in [-0.15, -0.1) is 0 Å². The van der Waals surface area contributed by atoms with E-state index in [1.54, 1.807) is 0 Å². The number of hydrogen-bond donors (Lipinski definition) is 0. The van der Waals surface area contributed by atoms with Gasteiger partial charge < -0.3 is 9.32 Å². The molecule has 1 heterocycles. The lowest BCUT2D eigenvalue weighted by Crippen LogP contribution is -2.11. The normalized spacial score (nSPS) is 11.8. The molecule has 0 saturated carbocycles. The third kappa shape index (κ3) is 5.88. The van der Waals surface area contributed by atoms with E-state index in [1.807, 2.05) is 0 Å². The van der Waals surface area contributed by atoms with Gasteiger partial charge in [0.1, 0.15) is 5.58 Å². The van der Waals surface area contributed by atoms with E-state index in [2.05, 4.69) is 241 Å². The van der Waals surface area contributed by atoms with E-state index in [-0.39, 0.29) is 0 Å². The number of hydrogen-bond acceptors (Lipinski definition) is 2. The van der Waals surface area contributed by atoms with Crippen molar-refractivity contribution >= 4 is 92.9 Å². The highest BCUT2D eigenvalue weighted by Crippen LogP contribution is 2.47. The molecule has 0 atom stereocenters. The number of fused-ring (bicyclic) bond motifs is 9. The van der Waals surface area contributed by atoms with Gasteiger partial charge in [-0.1, -0.05) is 188 Å². The van der Waals surface area contributed by atoms with Gasteiger partial charge >= 0.3 is 0 Å². The van der Waals surface area contributed by atoms with Crippen LogP contribution in [0, 0.1) is 0 Å². The minimum atomic E-state index is 0.859. The summed E-state index contributed by atoms with van der Waals surface area (Å²) in [6.45, 7) is 0. The average molecular weight is 814 g/mol. The summed E-state index contributed by atoms with van der Waals surface area (Å²) in [5.41, 5.74) is 12.1. The molecule has 0 aliphatic carbocycles. The Bertz CT molecular complexity index is 3960. The largest absolute Gasteiger partial charge is 0.454 e. The van der Waals surface area contributed by atoms with Crippen LogP contribution in [-0.4, -0.2) is 0 Å². The predicted molar refractivity (Wildman–Crippen MR) is 272 cm³/mol. The quantitative estimate of drug-likeness (QED) is 0.166. The van der Waals surface area contributed by atoms with E-state index in [4.69, 9.17) is 4.42 Å². The van der Waals surface area contributed by atoms with E-state index in [0.29, 0.717) is 0 Å². The van der Waals surface area contributed by atoms with Crippen molar-refractivity contribution in [3.8, 4) is 33.4 Å². The zero-order valence-electron chi connectivity index (χ0n) is 34.9. The topological polar surface area (TPSA) is 16.4 Å². The van der Waals surface area contributed by atoms with Crippen molar-refractivity contribution in [2.24, 2.45) is 0 Å². The number of anilines is 3.